The smallest absolute Gasteiger partial charge is 0.270 e. The van der Waals surface area contributed by atoms with Crippen molar-refractivity contribution in [2.75, 3.05) is 36.4 Å². The van der Waals surface area contributed by atoms with Crippen LogP contribution in [0.3, 0.4) is 0 Å². The minimum atomic E-state index is -3.85. The number of nitrogens with one attached hydrogen (secondary N) is 1. The summed E-state index contributed by atoms with van der Waals surface area (Å²) in [6.45, 7) is 5.52. The van der Waals surface area contributed by atoms with Crippen molar-refractivity contribution in [3.63, 3.8) is 0 Å². The topological polar surface area (TPSA) is 113 Å². The summed E-state index contributed by atoms with van der Waals surface area (Å²) < 4.78 is 27.2. The van der Waals surface area contributed by atoms with Gasteiger partial charge in [-0.25, -0.2) is 8.42 Å². The van der Waals surface area contributed by atoms with Crippen molar-refractivity contribution in [3.05, 3.63) is 57.1 Å². The van der Waals surface area contributed by atoms with Crippen LogP contribution < -0.4 is 10.2 Å². The number of nitro benzene ring substituents is 1. The summed E-state index contributed by atoms with van der Waals surface area (Å²) in [4.78, 5) is 25.9. The maximum Gasteiger partial charge on any atom is 0.270 e. The molecule has 0 radical (unpaired) electrons. The molecule has 11 heteroatoms. The molecule has 0 aromatic heterocycles. The van der Waals surface area contributed by atoms with Gasteiger partial charge in [0.1, 0.15) is 4.90 Å². The molecule has 178 valence electrons. The van der Waals surface area contributed by atoms with Crippen LogP contribution in [0, 0.1) is 10.1 Å². The first-order valence-corrected chi connectivity index (χ1v) is 12.6. The number of piperidine rings is 1. The van der Waals surface area contributed by atoms with E-state index in [1.54, 1.807) is 19.9 Å². The predicted octanol–water partition coefficient (Wildman–Crippen LogP) is 4.52. The minimum absolute atomic E-state index is 0.0456. The lowest BCUT2D eigenvalue weighted by atomic mass is 10.1. The van der Waals surface area contributed by atoms with Crippen LogP contribution in [0.1, 0.15) is 43.5 Å². The summed E-state index contributed by atoms with van der Waals surface area (Å²) >= 11 is 6.17. The van der Waals surface area contributed by atoms with Gasteiger partial charge in [0, 0.05) is 44.0 Å². The van der Waals surface area contributed by atoms with E-state index in [9.17, 15) is 23.3 Å². The number of halogens is 1. The molecule has 2 aromatic carbocycles. The molecule has 9 nitrogen and oxygen atoms in total. The van der Waals surface area contributed by atoms with Crippen molar-refractivity contribution in [2.45, 2.75) is 38.0 Å². The highest BCUT2D eigenvalue weighted by atomic mass is 35.5. The zero-order chi connectivity index (χ0) is 24.2. The fourth-order valence-electron chi connectivity index (χ4n) is 3.91. The molecule has 0 aliphatic carbocycles. The molecular formula is C22H27ClN4O5S. The van der Waals surface area contributed by atoms with Crippen LogP contribution in [0.4, 0.5) is 17.1 Å². The van der Waals surface area contributed by atoms with Gasteiger partial charge < -0.3 is 10.2 Å². The van der Waals surface area contributed by atoms with Gasteiger partial charge in [0.25, 0.3) is 11.6 Å². The summed E-state index contributed by atoms with van der Waals surface area (Å²) in [6.07, 6.45) is 3.04. The molecule has 1 saturated heterocycles. The number of carbonyl (C=O) groups is 1. The minimum Gasteiger partial charge on any atom is -0.371 e. The highest BCUT2D eigenvalue weighted by Crippen LogP contribution is 2.31. The van der Waals surface area contributed by atoms with Gasteiger partial charge in [-0.15, -0.1) is 0 Å². The van der Waals surface area contributed by atoms with Gasteiger partial charge >= 0.3 is 0 Å². The number of amides is 1. The lowest BCUT2D eigenvalue weighted by Crippen LogP contribution is -2.31. The van der Waals surface area contributed by atoms with Gasteiger partial charge in [-0.2, -0.15) is 4.31 Å². The molecule has 3 rings (SSSR count). The van der Waals surface area contributed by atoms with Gasteiger partial charge in [-0.05, 0) is 43.5 Å². The van der Waals surface area contributed by atoms with Crippen molar-refractivity contribution in [3.8, 4) is 0 Å². The Kier molecular flexibility index (Phi) is 7.93. The van der Waals surface area contributed by atoms with E-state index in [2.05, 4.69) is 5.32 Å². The summed E-state index contributed by atoms with van der Waals surface area (Å²) in [5.41, 5.74) is 0.810. The second-order valence-electron chi connectivity index (χ2n) is 7.69. The van der Waals surface area contributed by atoms with Crippen molar-refractivity contribution in [1.82, 2.24) is 4.31 Å². The molecule has 0 saturated carbocycles. The van der Waals surface area contributed by atoms with E-state index in [4.69, 9.17) is 11.6 Å². The molecule has 0 bridgehead atoms. The lowest BCUT2D eigenvalue weighted by Gasteiger charge is -2.30. The molecule has 1 N–H and O–H groups in total. The third-order valence-corrected chi connectivity index (χ3v) is 8.18. The number of nitro groups is 1. The van der Waals surface area contributed by atoms with Gasteiger partial charge in [-0.1, -0.05) is 25.4 Å². The van der Waals surface area contributed by atoms with Gasteiger partial charge in [0.2, 0.25) is 10.0 Å². The number of non-ortho nitro benzene ring substituents is 1. The first-order chi connectivity index (χ1) is 15.7. The number of hydrogen-bond donors (Lipinski definition) is 1. The Labute approximate surface area is 198 Å². The molecular weight excluding hydrogens is 468 g/mol. The van der Waals surface area contributed by atoms with Crippen molar-refractivity contribution >= 4 is 44.6 Å². The maximum absolute atomic E-state index is 13.2. The van der Waals surface area contributed by atoms with Crippen molar-refractivity contribution < 1.29 is 18.1 Å². The molecule has 1 fully saturated rings. The number of rotatable bonds is 8. The molecule has 1 amide bonds. The van der Waals surface area contributed by atoms with E-state index < -0.39 is 20.9 Å². The van der Waals surface area contributed by atoms with E-state index in [0.29, 0.717) is 5.69 Å². The van der Waals surface area contributed by atoms with Crippen molar-refractivity contribution in [1.29, 1.82) is 0 Å². The van der Waals surface area contributed by atoms with Gasteiger partial charge in [0.15, 0.2) is 0 Å². The normalized spacial score (nSPS) is 14.4. The lowest BCUT2D eigenvalue weighted by molar-refractivity contribution is -0.384. The Balaban J connectivity index is 1.97. The molecule has 1 aliphatic heterocycles. The first-order valence-electron chi connectivity index (χ1n) is 10.8. The third kappa shape index (κ3) is 5.45. The van der Waals surface area contributed by atoms with E-state index in [1.165, 1.54) is 34.6 Å². The Morgan fingerprint density at radius 3 is 2.39 bits per heavy atom. The van der Waals surface area contributed by atoms with Crippen molar-refractivity contribution in [2.24, 2.45) is 0 Å². The average molecular weight is 495 g/mol. The monoisotopic (exact) mass is 494 g/mol. The zero-order valence-electron chi connectivity index (χ0n) is 18.6. The second-order valence-corrected chi connectivity index (χ2v) is 10.0. The SMILES string of the molecule is CCN(CC)S(=O)(=O)c1cc(NC(=O)c2cc([N+](=O)[O-])ccc2N2CCCCC2)ccc1Cl. The Morgan fingerprint density at radius 1 is 1.12 bits per heavy atom. The Hall–Kier alpha value is -2.69. The molecule has 2 aromatic rings. The van der Waals surface area contributed by atoms with Crippen LogP contribution in [-0.4, -0.2) is 49.7 Å². The molecule has 0 unspecified atom stereocenters. The number of sulfonamides is 1. The summed E-state index contributed by atoms with van der Waals surface area (Å²) in [5, 5.41) is 14.0. The van der Waals surface area contributed by atoms with Crippen LogP contribution in [0.2, 0.25) is 5.02 Å². The van der Waals surface area contributed by atoms with E-state index in [0.717, 1.165) is 32.4 Å². The maximum atomic E-state index is 13.2. The number of carbonyl (C=O) groups excluding carboxylic acids is 1. The third-order valence-electron chi connectivity index (χ3n) is 5.64. The number of nitrogens with zero attached hydrogens (tertiary/aromatic N) is 3. The number of benzene rings is 2. The summed E-state index contributed by atoms with van der Waals surface area (Å²) in [7, 11) is -3.85. The van der Waals surface area contributed by atoms with Gasteiger partial charge in [0.05, 0.1) is 21.2 Å². The van der Waals surface area contributed by atoms with E-state index >= 15 is 0 Å². The molecule has 0 spiro atoms. The predicted molar refractivity (Wildman–Crippen MR) is 129 cm³/mol. The standard InChI is InChI=1S/C22H27ClN4O5S/c1-3-26(4-2)33(31,32)21-14-16(8-10-19(21)23)24-22(28)18-15-17(27(29)30)9-11-20(18)25-12-6-5-7-13-25/h8-11,14-15H,3-7,12-13H2,1-2H3,(H,24,28). The van der Waals surface area contributed by atoms with Crippen LogP contribution in [0.15, 0.2) is 41.3 Å². The number of anilines is 2. The highest BCUT2D eigenvalue weighted by Gasteiger charge is 2.26. The molecule has 33 heavy (non-hydrogen) atoms. The molecule has 1 heterocycles. The van der Waals surface area contributed by atoms with Crippen LogP contribution in [-0.2, 0) is 10.0 Å². The van der Waals surface area contributed by atoms with Crippen LogP contribution in [0.25, 0.3) is 0 Å². The Bertz CT molecular complexity index is 1150. The number of hydrogen-bond acceptors (Lipinski definition) is 6. The average Bonchev–Trinajstić information content (AvgIpc) is 2.81. The Morgan fingerprint density at radius 2 is 1.79 bits per heavy atom. The summed E-state index contributed by atoms with van der Waals surface area (Å²) in [5.74, 6) is -0.562. The molecule has 0 atom stereocenters. The van der Waals surface area contributed by atoms with Crippen LogP contribution in [0.5, 0.6) is 0 Å². The van der Waals surface area contributed by atoms with Gasteiger partial charge in [-0.3, -0.25) is 14.9 Å². The zero-order valence-corrected chi connectivity index (χ0v) is 20.2. The van der Waals surface area contributed by atoms with E-state index in [1.807, 2.05) is 4.90 Å². The fraction of sp³-hybridized carbons (Fsp3) is 0.409. The van der Waals surface area contributed by atoms with E-state index in [-0.39, 0.29) is 39.9 Å². The quantitative estimate of drug-likeness (QED) is 0.426. The first kappa shape index (κ1) is 24.9. The fourth-order valence-corrected chi connectivity index (χ4v) is 5.87. The molecule has 1 aliphatic rings. The second kappa shape index (κ2) is 10.5. The highest BCUT2D eigenvalue weighted by molar-refractivity contribution is 7.89. The largest absolute Gasteiger partial charge is 0.371 e. The summed E-state index contributed by atoms with van der Waals surface area (Å²) in [6, 6.07) is 8.45. The van der Waals surface area contributed by atoms with Crippen LogP contribution >= 0.6 is 11.6 Å².